The van der Waals surface area contributed by atoms with Crippen molar-refractivity contribution in [3.05, 3.63) is 35.3 Å². The number of carbonyl (C=O) groups is 1. The van der Waals surface area contributed by atoms with Crippen molar-refractivity contribution in [2.24, 2.45) is 17.8 Å². The van der Waals surface area contributed by atoms with Gasteiger partial charge < -0.3 is 9.64 Å². The molecule has 0 radical (unpaired) electrons. The molecule has 1 aromatic carbocycles. The summed E-state index contributed by atoms with van der Waals surface area (Å²) >= 11 is 1.69. The van der Waals surface area contributed by atoms with E-state index in [1.807, 2.05) is 12.1 Å². The first-order chi connectivity index (χ1) is 14.7. The Morgan fingerprint density at radius 3 is 2.60 bits per heavy atom. The molecule has 1 amide bonds. The Labute approximate surface area is 183 Å². The summed E-state index contributed by atoms with van der Waals surface area (Å²) in [4.78, 5) is 22.1. The molecule has 3 aliphatic rings. The number of ether oxygens (including phenoxy) is 1. The minimum Gasteiger partial charge on any atom is -0.497 e. The Bertz CT molecular complexity index is 873. The summed E-state index contributed by atoms with van der Waals surface area (Å²) in [6, 6.07) is 8.07. The van der Waals surface area contributed by atoms with Crippen LogP contribution in [-0.2, 0) is 11.3 Å². The third kappa shape index (κ3) is 4.26. The fourth-order valence-corrected chi connectivity index (χ4v) is 6.43. The number of aromatic nitrogens is 1. The predicted molar refractivity (Wildman–Crippen MR) is 120 cm³/mol. The molecule has 5 nitrogen and oxygen atoms in total. The predicted octanol–water partition coefficient (Wildman–Crippen LogP) is 4.29. The Hall–Kier alpha value is -1.92. The quantitative estimate of drug-likeness (QED) is 0.693. The third-order valence-corrected chi connectivity index (χ3v) is 8.26. The van der Waals surface area contributed by atoms with E-state index in [0.717, 1.165) is 73.0 Å². The van der Waals surface area contributed by atoms with Gasteiger partial charge in [-0.15, -0.1) is 11.3 Å². The first-order valence-corrected chi connectivity index (χ1v) is 12.1. The summed E-state index contributed by atoms with van der Waals surface area (Å²) in [7, 11) is 1.68. The van der Waals surface area contributed by atoms with Crippen LogP contribution in [0, 0.1) is 17.8 Å². The van der Waals surface area contributed by atoms with E-state index in [-0.39, 0.29) is 0 Å². The molecule has 1 aromatic heterocycles. The van der Waals surface area contributed by atoms with Gasteiger partial charge in [-0.05, 0) is 61.3 Å². The SMILES string of the molecule is COc1ccc(-c2nc(CN3CCN(C(=O)CC4CC5CCC4C5)CC3)cs2)cc1. The zero-order chi connectivity index (χ0) is 20.5. The van der Waals surface area contributed by atoms with Gasteiger partial charge in [0.05, 0.1) is 12.8 Å². The van der Waals surface area contributed by atoms with Crippen LogP contribution in [0.5, 0.6) is 5.75 Å². The van der Waals surface area contributed by atoms with Crippen molar-refractivity contribution in [2.75, 3.05) is 33.3 Å². The number of methoxy groups -OCH3 is 1. The number of piperazine rings is 1. The zero-order valence-electron chi connectivity index (χ0n) is 17.8. The molecular weight excluding hydrogens is 394 g/mol. The molecule has 3 unspecified atom stereocenters. The van der Waals surface area contributed by atoms with Crippen molar-refractivity contribution in [3.8, 4) is 16.3 Å². The summed E-state index contributed by atoms with van der Waals surface area (Å²) < 4.78 is 5.23. The molecule has 6 heteroatoms. The molecular formula is C24H31N3O2S. The molecule has 2 aliphatic carbocycles. The molecule has 3 fully saturated rings. The minimum atomic E-state index is 0.391. The maximum absolute atomic E-state index is 12.8. The molecule has 2 aromatic rings. The van der Waals surface area contributed by atoms with Crippen LogP contribution in [0.25, 0.3) is 10.6 Å². The van der Waals surface area contributed by atoms with E-state index in [0.29, 0.717) is 11.8 Å². The molecule has 30 heavy (non-hydrogen) atoms. The molecule has 0 spiro atoms. The minimum absolute atomic E-state index is 0.391. The Morgan fingerprint density at radius 1 is 1.13 bits per heavy atom. The van der Waals surface area contributed by atoms with Gasteiger partial charge in [0.2, 0.25) is 5.91 Å². The lowest BCUT2D eigenvalue weighted by atomic mass is 9.86. The fraction of sp³-hybridized carbons (Fsp3) is 0.583. The van der Waals surface area contributed by atoms with Crippen molar-refractivity contribution < 1.29 is 9.53 Å². The lowest BCUT2D eigenvalue weighted by Gasteiger charge is -2.35. The van der Waals surface area contributed by atoms with E-state index in [1.54, 1.807) is 18.4 Å². The summed E-state index contributed by atoms with van der Waals surface area (Å²) in [6.45, 7) is 4.46. The van der Waals surface area contributed by atoms with E-state index in [1.165, 1.54) is 25.7 Å². The number of thiazole rings is 1. The van der Waals surface area contributed by atoms with Crippen molar-refractivity contribution in [2.45, 2.75) is 38.6 Å². The van der Waals surface area contributed by atoms with Gasteiger partial charge in [-0.1, -0.05) is 6.42 Å². The third-order valence-electron chi connectivity index (χ3n) is 7.32. The van der Waals surface area contributed by atoms with Crippen molar-refractivity contribution >= 4 is 17.2 Å². The second-order valence-electron chi connectivity index (χ2n) is 9.17. The molecule has 1 aliphatic heterocycles. The first kappa shape index (κ1) is 20.0. The van der Waals surface area contributed by atoms with Crippen LogP contribution in [-0.4, -0.2) is 54.0 Å². The van der Waals surface area contributed by atoms with Crippen LogP contribution in [0.15, 0.2) is 29.6 Å². The largest absolute Gasteiger partial charge is 0.497 e. The molecule has 0 N–H and O–H groups in total. The molecule has 2 bridgehead atoms. The van der Waals surface area contributed by atoms with Crippen LogP contribution < -0.4 is 4.74 Å². The highest BCUT2D eigenvalue weighted by Crippen LogP contribution is 2.49. The fourth-order valence-electron chi connectivity index (χ4n) is 5.61. The molecule has 3 atom stereocenters. The standard InChI is InChI=1S/C24H31N3O2S/c1-29-22-6-4-18(5-7-22)24-25-21(16-30-24)15-26-8-10-27(11-9-26)23(28)14-20-13-17-2-3-19(20)12-17/h4-7,16-17,19-20H,2-3,8-15H2,1H3. The number of nitrogens with zero attached hydrogens (tertiary/aromatic N) is 3. The van der Waals surface area contributed by atoms with Crippen LogP contribution in [0.2, 0.25) is 0 Å². The van der Waals surface area contributed by atoms with E-state index in [2.05, 4.69) is 27.3 Å². The highest BCUT2D eigenvalue weighted by Gasteiger charge is 2.40. The maximum Gasteiger partial charge on any atom is 0.222 e. The summed E-state index contributed by atoms with van der Waals surface area (Å²) in [6.07, 6.45) is 6.25. The monoisotopic (exact) mass is 425 g/mol. The smallest absolute Gasteiger partial charge is 0.222 e. The molecule has 2 heterocycles. The first-order valence-electron chi connectivity index (χ1n) is 11.3. The topological polar surface area (TPSA) is 45.7 Å². The van der Waals surface area contributed by atoms with E-state index >= 15 is 0 Å². The molecule has 5 rings (SSSR count). The van der Waals surface area contributed by atoms with Crippen LogP contribution in [0.4, 0.5) is 0 Å². The van der Waals surface area contributed by atoms with Gasteiger partial charge in [0, 0.05) is 50.1 Å². The summed E-state index contributed by atoms with van der Waals surface area (Å²) in [5.41, 5.74) is 2.25. The lowest BCUT2D eigenvalue weighted by Crippen LogP contribution is -2.48. The number of carbonyl (C=O) groups excluding carboxylic acids is 1. The Morgan fingerprint density at radius 2 is 1.93 bits per heavy atom. The summed E-state index contributed by atoms with van der Waals surface area (Å²) in [5, 5.41) is 3.21. The Kier molecular flexibility index (Phi) is 5.79. The van der Waals surface area contributed by atoms with E-state index in [9.17, 15) is 4.79 Å². The van der Waals surface area contributed by atoms with Gasteiger partial charge in [-0.3, -0.25) is 9.69 Å². The van der Waals surface area contributed by atoms with Gasteiger partial charge in [-0.25, -0.2) is 4.98 Å². The average Bonchev–Trinajstić information content (AvgIpc) is 3.52. The average molecular weight is 426 g/mol. The van der Waals surface area contributed by atoms with Gasteiger partial charge in [0.25, 0.3) is 0 Å². The van der Waals surface area contributed by atoms with Gasteiger partial charge in [-0.2, -0.15) is 0 Å². The number of amides is 1. The number of rotatable bonds is 6. The number of hydrogen-bond donors (Lipinski definition) is 0. The Balaban J connectivity index is 1.10. The second-order valence-corrected chi connectivity index (χ2v) is 10.0. The molecule has 2 saturated carbocycles. The van der Waals surface area contributed by atoms with Gasteiger partial charge in [0.15, 0.2) is 0 Å². The van der Waals surface area contributed by atoms with Crippen molar-refractivity contribution in [1.29, 1.82) is 0 Å². The summed E-state index contributed by atoms with van der Waals surface area (Å²) in [5.74, 6) is 3.68. The highest BCUT2D eigenvalue weighted by atomic mass is 32.1. The number of benzene rings is 1. The van der Waals surface area contributed by atoms with Crippen LogP contribution in [0.1, 0.15) is 37.8 Å². The van der Waals surface area contributed by atoms with Crippen LogP contribution >= 0.6 is 11.3 Å². The molecule has 1 saturated heterocycles. The van der Waals surface area contributed by atoms with E-state index in [4.69, 9.17) is 9.72 Å². The lowest BCUT2D eigenvalue weighted by molar-refractivity contribution is -0.134. The zero-order valence-corrected chi connectivity index (χ0v) is 18.6. The van der Waals surface area contributed by atoms with Crippen molar-refractivity contribution in [3.63, 3.8) is 0 Å². The molecule has 160 valence electrons. The van der Waals surface area contributed by atoms with Crippen molar-refractivity contribution in [1.82, 2.24) is 14.8 Å². The second kappa shape index (κ2) is 8.67. The van der Waals surface area contributed by atoms with Gasteiger partial charge in [0.1, 0.15) is 10.8 Å². The number of hydrogen-bond acceptors (Lipinski definition) is 5. The highest BCUT2D eigenvalue weighted by molar-refractivity contribution is 7.13. The van der Waals surface area contributed by atoms with Gasteiger partial charge >= 0.3 is 0 Å². The van der Waals surface area contributed by atoms with Crippen LogP contribution in [0.3, 0.4) is 0 Å². The van der Waals surface area contributed by atoms with E-state index < -0.39 is 0 Å². The number of fused-ring (bicyclic) bond motifs is 2. The maximum atomic E-state index is 12.8. The normalized spacial score (nSPS) is 26.3.